The summed E-state index contributed by atoms with van der Waals surface area (Å²) in [5, 5.41) is 3.47. The Hall–Kier alpha value is -1.09. The molecule has 2 rings (SSSR count). The second kappa shape index (κ2) is 5.50. The van der Waals surface area contributed by atoms with E-state index in [-0.39, 0.29) is 5.82 Å². The number of nitrogens with one attached hydrogen (secondary N) is 1. The van der Waals surface area contributed by atoms with E-state index >= 15 is 0 Å². The van der Waals surface area contributed by atoms with E-state index in [4.69, 9.17) is 5.73 Å². The normalized spacial score (nSPS) is 24.6. The Morgan fingerprint density at radius 1 is 1.35 bits per heavy atom. The molecule has 17 heavy (non-hydrogen) atoms. The lowest BCUT2D eigenvalue weighted by molar-refractivity contribution is 0.332. The molecule has 0 aromatic heterocycles. The minimum absolute atomic E-state index is 0.182. The van der Waals surface area contributed by atoms with Crippen LogP contribution < -0.4 is 11.1 Å². The van der Waals surface area contributed by atoms with Gasteiger partial charge in [0.05, 0.1) is 0 Å². The lowest BCUT2D eigenvalue weighted by Gasteiger charge is -2.32. The predicted molar refractivity (Wildman–Crippen MR) is 69.6 cm³/mol. The summed E-state index contributed by atoms with van der Waals surface area (Å²) in [5.41, 5.74) is 7.80. The fourth-order valence-corrected chi connectivity index (χ4v) is 2.63. The number of hydrogen-bond acceptors (Lipinski definition) is 2. The zero-order chi connectivity index (χ0) is 12.3. The van der Waals surface area contributed by atoms with E-state index in [2.05, 4.69) is 5.32 Å². The molecule has 1 aromatic carbocycles. The monoisotopic (exact) mass is 236 g/mol. The Morgan fingerprint density at radius 3 is 2.88 bits per heavy atom. The number of anilines is 1. The quantitative estimate of drug-likeness (QED) is 0.846. The summed E-state index contributed by atoms with van der Waals surface area (Å²) in [4.78, 5) is 0. The van der Waals surface area contributed by atoms with Gasteiger partial charge in [0.2, 0.25) is 0 Å². The van der Waals surface area contributed by atoms with Crippen LogP contribution in [0.4, 0.5) is 10.1 Å². The number of aryl methyl sites for hydroxylation is 1. The van der Waals surface area contributed by atoms with Crippen LogP contribution in [0, 0.1) is 18.7 Å². The lowest BCUT2D eigenvalue weighted by atomic mass is 9.84. The standard InChI is InChI=1S/C14H21FN2/c1-10-6-7-12(15)8-14(10)17-13-5-3-2-4-11(13)9-16/h6-8,11,13,17H,2-5,9,16H2,1H3. The van der Waals surface area contributed by atoms with Gasteiger partial charge in [-0.3, -0.25) is 0 Å². The fourth-order valence-electron chi connectivity index (χ4n) is 2.63. The average molecular weight is 236 g/mol. The van der Waals surface area contributed by atoms with Crippen LogP contribution in [-0.2, 0) is 0 Å². The molecule has 0 bridgehead atoms. The SMILES string of the molecule is Cc1ccc(F)cc1NC1CCCCC1CN. The summed E-state index contributed by atoms with van der Waals surface area (Å²) in [5.74, 6) is 0.338. The van der Waals surface area contributed by atoms with Gasteiger partial charge in [0.1, 0.15) is 5.82 Å². The number of hydrogen-bond donors (Lipinski definition) is 2. The maximum atomic E-state index is 13.2. The smallest absolute Gasteiger partial charge is 0.125 e. The highest BCUT2D eigenvalue weighted by atomic mass is 19.1. The topological polar surface area (TPSA) is 38.0 Å². The number of benzene rings is 1. The molecular formula is C14H21FN2. The van der Waals surface area contributed by atoms with Crippen molar-refractivity contribution in [2.75, 3.05) is 11.9 Å². The first kappa shape index (κ1) is 12.4. The molecule has 0 radical (unpaired) electrons. The van der Waals surface area contributed by atoms with E-state index < -0.39 is 0 Å². The first-order valence-corrected chi connectivity index (χ1v) is 6.43. The molecule has 2 unspecified atom stereocenters. The molecule has 0 saturated heterocycles. The molecule has 0 spiro atoms. The van der Waals surface area contributed by atoms with E-state index in [0.29, 0.717) is 18.5 Å². The van der Waals surface area contributed by atoms with Crippen LogP contribution in [0.25, 0.3) is 0 Å². The highest BCUT2D eigenvalue weighted by Crippen LogP contribution is 2.28. The second-order valence-electron chi connectivity index (χ2n) is 4.99. The summed E-state index contributed by atoms with van der Waals surface area (Å²) in [6.07, 6.45) is 4.82. The first-order chi connectivity index (χ1) is 8.20. The predicted octanol–water partition coefficient (Wildman–Crippen LogP) is 3.06. The first-order valence-electron chi connectivity index (χ1n) is 6.43. The molecule has 94 valence electrons. The maximum absolute atomic E-state index is 13.2. The average Bonchev–Trinajstić information content (AvgIpc) is 2.34. The van der Waals surface area contributed by atoms with Crippen LogP contribution in [0.2, 0.25) is 0 Å². The van der Waals surface area contributed by atoms with Crippen molar-refractivity contribution in [2.45, 2.75) is 38.6 Å². The minimum Gasteiger partial charge on any atom is -0.382 e. The van der Waals surface area contributed by atoms with Gasteiger partial charge in [-0.25, -0.2) is 4.39 Å². The molecule has 0 heterocycles. The summed E-state index contributed by atoms with van der Waals surface area (Å²) in [6, 6.07) is 5.30. The van der Waals surface area contributed by atoms with E-state index in [1.165, 1.54) is 25.3 Å². The van der Waals surface area contributed by atoms with E-state index in [1.807, 2.05) is 13.0 Å². The van der Waals surface area contributed by atoms with Crippen molar-refractivity contribution in [3.8, 4) is 0 Å². The molecule has 1 saturated carbocycles. The van der Waals surface area contributed by atoms with Crippen LogP contribution in [0.1, 0.15) is 31.2 Å². The Morgan fingerprint density at radius 2 is 2.12 bits per heavy atom. The summed E-state index contributed by atoms with van der Waals surface area (Å²) in [7, 11) is 0. The van der Waals surface area contributed by atoms with Gasteiger partial charge in [-0.2, -0.15) is 0 Å². The Bertz CT molecular complexity index is 378. The van der Waals surface area contributed by atoms with E-state index in [0.717, 1.165) is 17.7 Å². The third kappa shape index (κ3) is 2.97. The molecule has 3 N–H and O–H groups in total. The van der Waals surface area contributed by atoms with Gasteiger partial charge in [0.15, 0.2) is 0 Å². The van der Waals surface area contributed by atoms with Crippen molar-refractivity contribution in [2.24, 2.45) is 11.7 Å². The third-order valence-corrected chi connectivity index (χ3v) is 3.75. The second-order valence-corrected chi connectivity index (χ2v) is 4.99. The van der Waals surface area contributed by atoms with Gasteiger partial charge >= 0.3 is 0 Å². The molecular weight excluding hydrogens is 215 g/mol. The zero-order valence-electron chi connectivity index (χ0n) is 10.4. The molecule has 0 aliphatic heterocycles. The van der Waals surface area contributed by atoms with Crippen molar-refractivity contribution in [1.29, 1.82) is 0 Å². The van der Waals surface area contributed by atoms with Gasteiger partial charge < -0.3 is 11.1 Å². The van der Waals surface area contributed by atoms with Gasteiger partial charge in [-0.1, -0.05) is 18.9 Å². The zero-order valence-corrected chi connectivity index (χ0v) is 10.4. The largest absolute Gasteiger partial charge is 0.382 e. The molecule has 0 amide bonds. The third-order valence-electron chi connectivity index (χ3n) is 3.75. The fraction of sp³-hybridized carbons (Fsp3) is 0.571. The number of halogens is 1. The summed E-state index contributed by atoms with van der Waals surface area (Å²) < 4.78 is 13.2. The van der Waals surface area contributed by atoms with Crippen molar-refractivity contribution in [1.82, 2.24) is 0 Å². The molecule has 3 heteroatoms. The van der Waals surface area contributed by atoms with E-state index in [1.54, 1.807) is 6.07 Å². The number of rotatable bonds is 3. The van der Waals surface area contributed by atoms with Crippen molar-refractivity contribution < 1.29 is 4.39 Å². The van der Waals surface area contributed by atoms with E-state index in [9.17, 15) is 4.39 Å². The van der Waals surface area contributed by atoms with Crippen LogP contribution >= 0.6 is 0 Å². The van der Waals surface area contributed by atoms with Crippen LogP contribution in [0.5, 0.6) is 0 Å². The Balaban J connectivity index is 2.10. The van der Waals surface area contributed by atoms with Gasteiger partial charge in [-0.05, 0) is 49.9 Å². The molecule has 2 atom stereocenters. The van der Waals surface area contributed by atoms with Gasteiger partial charge in [0, 0.05) is 11.7 Å². The van der Waals surface area contributed by atoms with Crippen molar-refractivity contribution in [3.05, 3.63) is 29.6 Å². The Kier molecular flexibility index (Phi) is 4.00. The highest BCUT2D eigenvalue weighted by molar-refractivity contribution is 5.51. The molecule has 1 aromatic rings. The summed E-state index contributed by atoms with van der Waals surface area (Å²) >= 11 is 0. The maximum Gasteiger partial charge on any atom is 0.125 e. The van der Waals surface area contributed by atoms with Crippen LogP contribution in [-0.4, -0.2) is 12.6 Å². The van der Waals surface area contributed by atoms with Crippen LogP contribution in [0.3, 0.4) is 0 Å². The lowest BCUT2D eigenvalue weighted by Crippen LogP contribution is -2.36. The molecule has 2 nitrogen and oxygen atoms in total. The Labute approximate surface area is 102 Å². The van der Waals surface area contributed by atoms with Crippen LogP contribution in [0.15, 0.2) is 18.2 Å². The minimum atomic E-state index is -0.182. The van der Waals surface area contributed by atoms with Gasteiger partial charge in [-0.15, -0.1) is 0 Å². The highest BCUT2D eigenvalue weighted by Gasteiger charge is 2.24. The number of nitrogens with two attached hydrogens (primary N) is 1. The molecule has 1 fully saturated rings. The van der Waals surface area contributed by atoms with Gasteiger partial charge in [0.25, 0.3) is 0 Å². The summed E-state index contributed by atoms with van der Waals surface area (Å²) in [6.45, 7) is 2.72. The molecule has 1 aliphatic rings. The van der Waals surface area contributed by atoms with Crippen molar-refractivity contribution >= 4 is 5.69 Å². The van der Waals surface area contributed by atoms with Crippen molar-refractivity contribution in [3.63, 3.8) is 0 Å². The molecule has 1 aliphatic carbocycles.